The fraction of sp³-hybridized carbons (Fsp3) is 0.289. The summed E-state index contributed by atoms with van der Waals surface area (Å²) in [6.07, 6.45) is 5.01. The number of rotatable bonds is 14. The highest BCUT2D eigenvalue weighted by Gasteiger charge is 2.20. The SMILES string of the molecule is COC1CCCCCN1CCOc1ccc(Cn2c(-c3ccc(OCc4ccccc4)cc3)c(C)c3cc(OCc4ccccc4)ccc32)cc1. The summed E-state index contributed by atoms with van der Waals surface area (Å²) < 4.78 is 26.8. The number of benzene rings is 5. The molecule has 2 heterocycles. The van der Waals surface area contributed by atoms with E-state index in [-0.39, 0.29) is 6.23 Å². The summed E-state index contributed by atoms with van der Waals surface area (Å²) in [5, 5.41) is 1.18. The minimum Gasteiger partial charge on any atom is -0.492 e. The summed E-state index contributed by atoms with van der Waals surface area (Å²) >= 11 is 0. The van der Waals surface area contributed by atoms with Gasteiger partial charge in [0.2, 0.25) is 0 Å². The minimum atomic E-state index is 0.192. The first kappa shape index (κ1) is 34.4. The Morgan fingerprint density at radius 2 is 1.25 bits per heavy atom. The molecule has 1 aromatic heterocycles. The van der Waals surface area contributed by atoms with E-state index in [0.29, 0.717) is 19.8 Å². The van der Waals surface area contributed by atoms with Crippen LogP contribution in [0, 0.1) is 6.92 Å². The van der Waals surface area contributed by atoms with Crippen molar-refractivity contribution in [3.05, 3.63) is 150 Å². The van der Waals surface area contributed by atoms with Crippen LogP contribution >= 0.6 is 0 Å². The van der Waals surface area contributed by atoms with Gasteiger partial charge in [-0.2, -0.15) is 0 Å². The second-order valence-corrected chi connectivity index (χ2v) is 13.4. The van der Waals surface area contributed by atoms with Crippen LogP contribution in [0.5, 0.6) is 17.2 Å². The maximum Gasteiger partial charge on any atom is 0.120 e. The molecular weight excluding hydrogens is 633 g/mol. The van der Waals surface area contributed by atoms with Crippen molar-refractivity contribution in [3.63, 3.8) is 0 Å². The number of nitrogens with zero attached hydrogens (tertiary/aromatic N) is 2. The van der Waals surface area contributed by atoms with E-state index in [1.165, 1.54) is 47.0 Å². The number of fused-ring (bicyclic) bond motifs is 1. The molecule has 0 saturated carbocycles. The van der Waals surface area contributed by atoms with E-state index < -0.39 is 0 Å². The fourth-order valence-corrected chi connectivity index (χ4v) is 7.13. The van der Waals surface area contributed by atoms with E-state index >= 15 is 0 Å². The lowest BCUT2D eigenvalue weighted by molar-refractivity contribution is -0.0365. The molecule has 0 aliphatic carbocycles. The van der Waals surface area contributed by atoms with Gasteiger partial charge in [0, 0.05) is 37.6 Å². The van der Waals surface area contributed by atoms with Crippen LogP contribution in [0.3, 0.4) is 0 Å². The Kier molecular flexibility index (Phi) is 11.3. The van der Waals surface area contributed by atoms with Crippen molar-refractivity contribution in [2.45, 2.75) is 58.6 Å². The summed E-state index contributed by atoms with van der Waals surface area (Å²) in [4.78, 5) is 2.42. The Bertz CT molecular complexity index is 1970. The predicted octanol–water partition coefficient (Wildman–Crippen LogP) is 10.1. The zero-order valence-corrected chi connectivity index (χ0v) is 29.8. The molecule has 0 bridgehead atoms. The Hall–Kier alpha value is -5.04. The van der Waals surface area contributed by atoms with Gasteiger partial charge in [0.15, 0.2) is 0 Å². The normalized spacial score (nSPS) is 15.1. The number of ether oxygens (including phenoxy) is 4. The molecule has 1 aliphatic heterocycles. The largest absolute Gasteiger partial charge is 0.492 e. The molecule has 0 amide bonds. The number of methoxy groups -OCH3 is 1. The molecule has 1 saturated heterocycles. The zero-order chi connectivity index (χ0) is 34.8. The minimum absolute atomic E-state index is 0.192. The van der Waals surface area contributed by atoms with Gasteiger partial charge in [-0.3, -0.25) is 4.90 Å². The second kappa shape index (κ2) is 16.8. The lowest BCUT2D eigenvalue weighted by Gasteiger charge is -2.28. The molecule has 6 heteroatoms. The van der Waals surface area contributed by atoms with Crippen LogP contribution in [-0.4, -0.2) is 42.5 Å². The van der Waals surface area contributed by atoms with E-state index in [1.807, 2.05) is 43.5 Å². The molecule has 0 N–H and O–H groups in total. The lowest BCUT2D eigenvalue weighted by atomic mass is 10.1. The van der Waals surface area contributed by atoms with Crippen molar-refractivity contribution < 1.29 is 18.9 Å². The molecule has 5 aromatic carbocycles. The highest BCUT2D eigenvalue weighted by atomic mass is 16.5. The Balaban J connectivity index is 1.11. The summed E-state index contributed by atoms with van der Waals surface area (Å²) in [5.74, 6) is 2.60. The molecule has 6 aromatic rings. The van der Waals surface area contributed by atoms with E-state index in [0.717, 1.165) is 60.0 Å². The van der Waals surface area contributed by atoms with Gasteiger partial charge in [0.25, 0.3) is 0 Å². The van der Waals surface area contributed by atoms with E-state index in [9.17, 15) is 0 Å². The van der Waals surface area contributed by atoms with Gasteiger partial charge in [-0.1, -0.05) is 79.2 Å². The van der Waals surface area contributed by atoms with E-state index in [4.69, 9.17) is 18.9 Å². The van der Waals surface area contributed by atoms with Crippen molar-refractivity contribution in [1.82, 2.24) is 9.47 Å². The van der Waals surface area contributed by atoms with Gasteiger partial charge in [0.05, 0.1) is 5.69 Å². The third-order valence-electron chi connectivity index (χ3n) is 9.90. The van der Waals surface area contributed by atoms with Gasteiger partial charge in [-0.05, 0) is 109 Å². The molecule has 51 heavy (non-hydrogen) atoms. The predicted molar refractivity (Wildman–Crippen MR) is 206 cm³/mol. The highest BCUT2D eigenvalue weighted by Crippen LogP contribution is 2.37. The van der Waals surface area contributed by atoms with Crippen molar-refractivity contribution in [2.24, 2.45) is 0 Å². The van der Waals surface area contributed by atoms with Crippen molar-refractivity contribution in [3.8, 4) is 28.5 Å². The van der Waals surface area contributed by atoms with Crippen LogP contribution in [0.4, 0.5) is 0 Å². The highest BCUT2D eigenvalue weighted by molar-refractivity contribution is 5.92. The van der Waals surface area contributed by atoms with Gasteiger partial charge < -0.3 is 23.5 Å². The van der Waals surface area contributed by atoms with Gasteiger partial charge in [0.1, 0.15) is 43.3 Å². The average molecular weight is 681 g/mol. The first-order chi connectivity index (χ1) is 25.1. The smallest absolute Gasteiger partial charge is 0.120 e. The maximum absolute atomic E-state index is 6.26. The summed E-state index contributed by atoms with van der Waals surface area (Å²) in [6, 6.07) is 44.1. The summed E-state index contributed by atoms with van der Waals surface area (Å²) in [7, 11) is 1.82. The quantitative estimate of drug-likeness (QED) is 0.115. The van der Waals surface area contributed by atoms with Gasteiger partial charge >= 0.3 is 0 Å². The van der Waals surface area contributed by atoms with E-state index in [1.54, 1.807) is 0 Å². The fourth-order valence-electron chi connectivity index (χ4n) is 7.13. The molecule has 262 valence electrons. The third kappa shape index (κ3) is 8.65. The molecule has 1 unspecified atom stereocenters. The third-order valence-corrected chi connectivity index (χ3v) is 9.90. The molecule has 0 radical (unpaired) electrons. The number of aromatic nitrogens is 1. The summed E-state index contributed by atoms with van der Waals surface area (Å²) in [6.45, 7) is 6.58. The van der Waals surface area contributed by atoms with Gasteiger partial charge in [-0.15, -0.1) is 0 Å². The molecule has 1 aliphatic rings. The molecule has 6 nitrogen and oxygen atoms in total. The first-order valence-electron chi connectivity index (χ1n) is 18.2. The second-order valence-electron chi connectivity index (χ2n) is 13.4. The van der Waals surface area contributed by atoms with Crippen molar-refractivity contribution >= 4 is 10.9 Å². The van der Waals surface area contributed by atoms with Crippen LogP contribution < -0.4 is 14.2 Å². The van der Waals surface area contributed by atoms with Gasteiger partial charge in [-0.25, -0.2) is 0 Å². The monoisotopic (exact) mass is 680 g/mol. The van der Waals surface area contributed by atoms with Crippen LogP contribution in [0.1, 0.15) is 47.9 Å². The Morgan fingerprint density at radius 1 is 0.627 bits per heavy atom. The standard InChI is InChI=1S/C45H48N2O4/c1-34-42-30-41(51-33-37-14-8-4-9-15-37)25-26-43(42)47(45(34)38-19-23-40(24-20-38)50-32-36-12-6-3-7-13-36)31-35-17-21-39(22-18-35)49-29-28-46-27-11-5-10-16-44(46)48-2/h3-4,6-9,12-15,17-26,30,44H,5,10-11,16,27-29,31-33H2,1-2H3. The Morgan fingerprint density at radius 3 is 1.94 bits per heavy atom. The number of aryl methyl sites for hydroxylation is 1. The van der Waals surface area contributed by atoms with E-state index in [2.05, 4.69) is 107 Å². The van der Waals surface area contributed by atoms with Crippen molar-refractivity contribution in [1.29, 1.82) is 0 Å². The zero-order valence-electron chi connectivity index (χ0n) is 29.8. The molecular formula is C45H48N2O4. The molecule has 1 fully saturated rings. The molecule has 7 rings (SSSR count). The first-order valence-corrected chi connectivity index (χ1v) is 18.2. The van der Waals surface area contributed by atoms with Crippen LogP contribution in [0.2, 0.25) is 0 Å². The van der Waals surface area contributed by atoms with Crippen molar-refractivity contribution in [2.75, 3.05) is 26.8 Å². The molecule has 0 spiro atoms. The summed E-state index contributed by atoms with van der Waals surface area (Å²) in [5.41, 5.74) is 8.22. The Labute approximate surface area is 302 Å². The average Bonchev–Trinajstić information content (AvgIpc) is 3.29. The van der Waals surface area contributed by atoms with Crippen LogP contribution in [0.25, 0.3) is 22.2 Å². The number of hydrogen-bond acceptors (Lipinski definition) is 5. The molecule has 1 atom stereocenters. The number of likely N-dealkylation sites (tertiary alicyclic amines) is 1. The topological polar surface area (TPSA) is 45.1 Å². The lowest BCUT2D eigenvalue weighted by Crippen LogP contribution is -2.38. The maximum atomic E-state index is 6.26. The number of hydrogen-bond donors (Lipinski definition) is 0. The van der Waals surface area contributed by atoms with Crippen LogP contribution in [-0.2, 0) is 24.5 Å². The van der Waals surface area contributed by atoms with Crippen LogP contribution in [0.15, 0.2) is 127 Å².